The van der Waals surface area contributed by atoms with Gasteiger partial charge in [-0.2, -0.15) is 0 Å². The molecular weight excluding hydrogens is 332 g/mol. The van der Waals surface area contributed by atoms with Crippen LogP contribution in [0.25, 0.3) is 11.0 Å². The molecule has 2 heterocycles. The molecule has 1 fully saturated rings. The molecule has 1 N–H and O–H groups in total. The highest BCUT2D eigenvalue weighted by atomic mass is 16.5. The highest BCUT2D eigenvalue weighted by molar-refractivity contribution is 5.80. The molecule has 0 bridgehead atoms. The number of ether oxygens (including phenoxy) is 1. The summed E-state index contributed by atoms with van der Waals surface area (Å²) in [5, 5.41) is 4.02. The van der Waals surface area contributed by atoms with Gasteiger partial charge in [0, 0.05) is 5.39 Å². The highest BCUT2D eigenvalue weighted by Gasteiger charge is 2.27. The van der Waals surface area contributed by atoms with Crippen molar-refractivity contribution in [3.63, 3.8) is 0 Å². The van der Waals surface area contributed by atoms with Crippen molar-refractivity contribution < 1.29 is 18.7 Å². The number of hydrogen-bond acceptors (Lipinski definition) is 5. The third-order valence-electron chi connectivity index (χ3n) is 4.82. The molecule has 0 spiro atoms. The molecule has 1 aromatic heterocycles. The Bertz CT molecular complexity index is 729. The van der Waals surface area contributed by atoms with E-state index in [1.165, 1.54) is 0 Å². The number of rotatable bonds is 6. The molecule has 6 heteroatoms. The summed E-state index contributed by atoms with van der Waals surface area (Å²) in [6.07, 6.45) is 1.48. The quantitative estimate of drug-likeness (QED) is 0.804. The fourth-order valence-corrected chi connectivity index (χ4v) is 3.36. The lowest BCUT2D eigenvalue weighted by Crippen LogP contribution is -2.43. The number of amides is 1. The Morgan fingerprint density at radius 1 is 1.31 bits per heavy atom. The second-order valence-electron chi connectivity index (χ2n) is 6.78. The number of piperidine rings is 1. The minimum Gasteiger partial charge on any atom is -0.466 e. The first-order valence-corrected chi connectivity index (χ1v) is 9.23. The lowest BCUT2D eigenvalue weighted by Gasteiger charge is -2.30. The van der Waals surface area contributed by atoms with Gasteiger partial charge in [-0.1, -0.05) is 18.2 Å². The lowest BCUT2D eigenvalue weighted by molar-refractivity contribution is -0.149. The van der Waals surface area contributed by atoms with Crippen LogP contribution in [0.5, 0.6) is 0 Å². The zero-order valence-electron chi connectivity index (χ0n) is 15.4. The second-order valence-corrected chi connectivity index (χ2v) is 6.78. The number of hydrogen-bond donors (Lipinski definition) is 1. The summed E-state index contributed by atoms with van der Waals surface area (Å²) < 4.78 is 10.9. The number of fused-ring (bicyclic) bond motifs is 1. The van der Waals surface area contributed by atoms with Crippen molar-refractivity contribution in [3.05, 3.63) is 36.1 Å². The van der Waals surface area contributed by atoms with E-state index in [1.807, 2.05) is 44.2 Å². The molecule has 1 saturated heterocycles. The van der Waals surface area contributed by atoms with E-state index in [2.05, 4.69) is 10.2 Å². The second kappa shape index (κ2) is 8.36. The van der Waals surface area contributed by atoms with Crippen LogP contribution in [-0.4, -0.2) is 43.0 Å². The standard InChI is InChI=1S/C20H26N2O4/c1-3-25-20(24)15-8-10-22(11-9-15)13-19(23)21-14(2)18-12-16-6-4-5-7-17(16)26-18/h4-7,12,14-15H,3,8-11,13H2,1-2H3,(H,21,23)/t14-/m1/s1. The first kappa shape index (κ1) is 18.5. The van der Waals surface area contributed by atoms with Gasteiger partial charge < -0.3 is 14.5 Å². The maximum atomic E-state index is 12.3. The van der Waals surface area contributed by atoms with Crippen molar-refractivity contribution in [2.75, 3.05) is 26.2 Å². The Morgan fingerprint density at radius 3 is 2.73 bits per heavy atom. The molecule has 0 radical (unpaired) electrons. The fourth-order valence-electron chi connectivity index (χ4n) is 3.36. The predicted octanol–water partition coefficient (Wildman–Crippen LogP) is 2.89. The number of carbonyl (C=O) groups excluding carboxylic acids is 2. The lowest BCUT2D eigenvalue weighted by atomic mass is 9.97. The van der Waals surface area contributed by atoms with E-state index < -0.39 is 0 Å². The maximum absolute atomic E-state index is 12.3. The van der Waals surface area contributed by atoms with E-state index in [0.717, 1.165) is 42.7 Å². The number of furan rings is 1. The number of para-hydroxylation sites is 1. The van der Waals surface area contributed by atoms with Gasteiger partial charge >= 0.3 is 5.97 Å². The first-order valence-electron chi connectivity index (χ1n) is 9.23. The number of nitrogens with one attached hydrogen (secondary N) is 1. The fraction of sp³-hybridized carbons (Fsp3) is 0.500. The van der Waals surface area contributed by atoms with Crippen molar-refractivity contribution in [3.8, 4) is 0 Å². The number of likely N-dealkylation sites (tertiary alicyclic amines) is 1. The Balaban J connectivity index is 1.47. The number of benzene rings is 1. The minimum absolute atomic E-state index is 0.0347. The molecule has 6 nitrogen and oxygen atoms in total. The van der Waals surface area contributed by atoms with E-state index in [0.29, 0.717) is 13.2 Å². The molecule has 140 valence electrons. The Hall–Kier alpha value is -2.34. The van der Waals surface area contributed by atoms with Gasteiger partial charge in [0.25, 0.3) is 0 Å². The minimum atomic E-state index is -0.188. The zero-order chi connectivity index (χ0) is 18.5. The molecule has 0 unspecified atom stereocenters. The molecule has 0 aliphatic carbocycles. The van der Waals surface area contributed by atoms with Crippen molar-refractivity contribution in [2.24, 2.45) is 5.92 Å². The van der Waals surface area contributed by atoms with Gasteiger partial charge in [0.05, 0.1) is 25.1 Å². The molecule has 1 aliphatic heterocycles. The average Bonchev–Trinajstić information content (AvgIpc) is 3.07. The molecule has 26 heavy (non-hydrogen) atoms. The highest BCUT2D eigenvalue weighted by Crippen LogP contribution is 2.23. The van der Waals surface area contributed by atoms with Crippen molar-refractivity contribution in [1.29, 1.82) is 0 Å². The smallest absolute Gasteiger partial charge is 0.309 e. The molecule has 1 atom stereocenters. The molecular formula is C20H26N2O4. The van der Waals surface area contributed by atoms with Crippen molar-refractivity contribution in [1.82, 2.24) is 10.2 Å². The molecule has 1 aromatic carbocycles. The van der Waals surface area contributed by atoms with Gasteiger partial charge in [0.2, 0.25) is 5.91 Å². The van der Waals surface area contributed by atoms with Gasteiger partial charge in [0.1, 0.15) is 11.3 Å². The Morgan fingerprint density at radius 2 is 2.04 bits per heavy atom. The van der Waals surface area contributed by atoms with Crippen LogP contribution in [0.2, 0.25) is 0 Å². The number of esters is 1. The van der Waals surface area contributed by atoms with E-state index in [1.54, 1.807) is 0 Å². The summed E-state index contributed by atoms with van der Waals surface area (Å²) in [6, 6.07) is 9.58. The van der Waals surface area contributed by atoms with Crippen LogP contribution < -0.4 is 5.32 Å². The van der Waals surface area contributed by atoms with Crippen LogP contribution in [0.15, 0.2) is 34.7 Å². The molecule has 2 aromatic rings. The average molecular weight is 358 g/mol. The van der Waals surface area contributed by atoms with E-state index >= 15 is 0 Å². The first-order chi connectivity index (χ1) is 12.6. The summed E-state index contributed by atoms with van der Waals surface area (Å²) in [5.41, 5.74) is 0.824. The Kier molecular flexibility index (Phi) is 5.93. The van der Waals surface area contributed by atoms with E-state index in [-0.39, 0.29) is 23.8 Å². The topological polar surface area (TPSA) is 71.8 Å². The van der Waals surface area contributed by atoms with Crippen LogP contribution in [0.3, 0.4) is 0 Å². The summed E-state index contributed by atoms with van der Waals surface area (Å²) in [4.78, 5) is 26.2. The number of carbonyl (C=O) groups is 2. The zero-order valence-corrected chi connectivity index (χ0v) is 15.4. The monoisotopic (exact) mass is 358 g/mol. The van der Waals surface area contributed by atoms with Gasteiger partial charge in [-0.15, -0.1) is 0 Å². The Labute approximate surface area is 153 Å². The SMILES string of the molecule is CCOC(=O)C1CCN(CC(=O)N[C@H](C)c2cc3ccccc3o2)CC1. The summed E-state index contributed by atoms with van der Waals surface area (Å²) in [6.45, 7) is 5.95. The molecule has 0 saturated carbocycles. The van der Waals surface area contributed by atoms with Crippen molar-refractivity contribution in [2.45, 2.75) is 32.7 Å². The third kappa shape index (κ3) is 4.43. The van der Waals surface area contributed by atoms with Crippen LogP contribution in [-0.2, 0) is 14.3 Å². The van der Waals surface area contributed by atoms with Crippen LogP contribution >= 0.6 is 0 Å². The number of nitrogens with zero attached hydrogens (tertiary/aromatic N) is 1. The van der Waals surface area contributed by atoms with Gasteiger partial charge in [-0.25, -0.2) is 0 Å². The molecule has 3 rings (SSSR count). The van der Waals surface area contributed by atoms with Gasteiger partial charge in [-0.05, 0) is 51.9 Å². The van der Waals surface area contributed by atoms with Gasteiger partial charge in [0.15, 0.2) is 0 Å². The maximum Gasteiger partial charge on any atom is 0.309 e. The summed E-state index contributed by atoms with van der Waals surface area (Å²) in [7, 11) is 0. The van der Waals surface area contributed by atoms with Crippen LogP contribution in [0.4, 0.5) is 0 Å². The molecule has 1 amide bonds. The normalized spacial score (nSPS) is 17.2. The third-order valence-corrected chi connectivity index (χ3v) is 4.82. The van der Waals surface area contributed by atoms with Crippen molar-refractivity contribution >= 4 is 22.8 Å². The largest absolute Gasteiger partial charge is 0.466 e. The van der Waals surface area contributed by atoms with Crippen LogP contribution in [0.1, 0.15) is 38.5 Å². The van der Waals surface area contributed by atoms with E-state index in [9.17, 15) is 9.59 Å². The summed E-state index contributed by atoms with van der Waals surface area (Å²) in [5.74, 6) is 0.562. The van der Waals surface area contributed by atoms with Crippen LogP contribution in [0, 0.1) is 5.92 Å². The van der Waals surface area contributed by atoms with Gasteiger partial charge in [-0.3, -0.25) is 14.5 Å². The summed E-state index contributed by atoms with van der Waals surface area (Å²) >= 11 is 0. The predicted molar refractivity (Wildman–Crippen MR) is 98.6 cm³/mol. The van der Waals surface area contributed by atoms with E-state index in [4.69, 9.17) is 9.15 Å². The molecule has 1 aliphatic rings.